The molecule has 28 heavy (non-hydrogen) atoms. The molecule has 4 aromatic rings. The number of amides is 1. The summed E-state index contributed by atoms with van der Waals surface area (Å²) in [6, 6.07) is 8.73. The third kappa shape index (κ3) is 3.86. The number of nitrogens with one attached hydrogen (secondary N) is 1. The van der Waals surface area contributed by atoms with E-state index in [1.54, 1.807) is 67.5 Å². The fourth-order valence-electron chi connectivity index (χ4n) is 2.46. The van der Waals surface area contributed by atoms with Crippen molar-refractivity contribution in [3.8, 4) is 17.4 Å². The lowest BCUT2D eigenvalue weighted by Gasteiger charge is -2.09. The van der Waals surface area contributed by atoms with Gasteiger partial charge >= 0.3 is 0 Å². The highest BCUT2D eigenvalue weighted by molar-refractivity contribution is 7.08. The first-order chi connectivity index (χ1) is 13.6. The largest absolute Gasteiger partial charge is 0.439 e. The van der Waals surface area contributed by atoms with Crippen LogP contribution in [0.4, 0.5) is 5.69 Å². The Labute approximate surface area is 164 Å². The van der Waals surface area contributed by atoms with Gasteiger partial charge in [0.1, 0.15) is 28.6 Å². The van der Waals surface area contributed by atoms with E-state index < -0.39 is 0 Å². The summed E-state index contributed by atoms with van der Waals surface area (Å²) in [6.07, 6.45) is 5.13. The van der Waals surface area contributed by atoms with E-state index in [-0.39, 0.29) is 5.91 Å². The van der Waals surface area contributed by atoms with Crippen molar-refractivity contribution in [3.63, 3.8) is 0 Å². The van der Waals surface area contributed by atoms with Crippen LogP contribution in [0.3, 0.4) is 0 Å². The molecule has 4 rings (SSSR count). The number of aromatic nitrogens is 6. The second-order valence-electron chi connectivity index (χ2n) is 5.85. The van der Waals surface area contributed by atoms with E-state index in [4.69, 9.17) is 4.74 Å². The van der Waals surface area contributed by atoms with Crippen LogP contribution in [0.2, 0.25) is 0 Å². The van der Waals surface area contributed by atoms with E-state index in [1.165, 1.54) is 0 Å². The van der Waals surface area contributed by atoms with Crippen molar-refractivity contribution in [2.75, 3.05) is 5.32 Å². The predicted octanol–water partition coefficient (Wildman–Crippen LogP) is 3.18. The first-order valence-electron chi connectivity index (χ1n) is 8.31. The summed E-state index contributed by atoms with van der Waals surface area (Å²) in [6.45, 7) is 3.54. The molecule has 0 aliphatic carbocycles. The molecule has 0 spiro atoms. The number of hydrogen-bond donors (Lipinski definition) is 1. The molecule has 9 nitrogen and oxygen atoms in total. The second kappa shape index (κ2) is 7.53. The van der Waals surface area contributed by atoms with Crippen molar-refractivity contribution in [3.05, 3.63) is 65.4 Å². The van der Waals surface area contributed by atoms with Crippen LogP contribution in [0.5, 0.6) is 11.6 Å². The molecular formula is C18H15N7O2S. The molecule has 1 N–H and O–H groups in total. The lowest BCUT2D eigenvalue weighted by atomic mass is 10.3. The molecule has 1 aromatic carbocycles. The lowest BCUT2D eigenvalue weighted by Crippen LogP contribution is -2.11. The summed E-state index contributed by atoms with van der Waals surface area (Å²) in [5, 5.41) is 6.66. The Morgan fingerprint density at radius 2 is 2.00 bits per heavy atom. The summed E-state index contributed by atoms with van der Waals surface area (Å²) in [4.78, 5) is 25.4. The Bertz CT molecular complexity index is 1110. The van der Waals surface area contributed by atoms with Gasteiger partial charge in [0, 0.05) is 24.1 Å². The number of aryl methyl sites for hydroxylation is 2. The molecule has 0 bridgehead atoms. The third-order valence-electron chi connectivity index (χ3n) is 3.76. The molecule has 0 aliphatic heterocycles. The van der Waals surface area contributed by atoms with Gasteiger partial charge in [-0.1, -0.05) is 4.49 Å². The normalized spacial score (nSPS) is 10.6. The number of imidazole rings is 1. The van der Waals surface area contributed by atoms with Crippen molar-refractivity contribution < 1.29 is 9.53 Å². The topological polar surface area (TPSA) is 108 Å². The van der Waals surface area contributed by atoms with Crippen LogP contribution in [0.1, 0.15) is 21.2 Å². The van der Waals surface area contributed by atoms with E-state index >= 15 is 0 Å². The second-order valence-corrected chi connectivity index (χ2v) is 6.60. The van der Waals surface area contributed by atoms with Crippen molar-refractivity contribution in [1.82, 2.24) is 29.1 Å². The van der Waals surface area contributed by atoms with Crippen LogP contribution in [0.15, 0.2) is 49.1 Å². The fraction of sp³-hybridized carbons (Fsp3) is 0.111. The van der Waals surface area contributed by atoms with Gasteiger partial charge in [0.15, 0.2) is 0 Å². The van der Waals surface area contributed by atoms with Gasteiger partial charge in [-0.3, -0.25) is 9.36 Å². The highest BCUT2D eigenvalue weighted by Crippen LogP contribution is 2.23. The summed E-state index contributed by atoms with van der Waals surface area (Å²) >= 11 is 1.06. The van der Waals surface area contributed by atoms with E-state index in [2.05, 4.69) is 29.9 Å². The minimum Gasteiger partial charge on any atom is -0.439 e. The van der Waals surface area contributed by atoms with Crippen molar-refractivity contribution in [1.29, 1.82) is 0 Å². The Kier molecular flexibility index (Phi) is 4.77. The monoisotopic (exact) mass is 393 g/mol. The minimum absolute atomic E-state index is 0.238. The van der Waals surface area contributed by atoms with Gasteiger partial charge in [-0.05, 0) is 49.6 Å². The average Bonchev–Trinajstić information content (AvgIpc) is 3.34. The van der Waals surface area contributed by atoms with E-state index in [0.717, 1.165) is 11.5 Å². The van der Waals surface area contributed by atoms with Gasteiger partial charge < -0.3 is 10.1 Å². The summed E-state index contributed by atoms with van der Waals surface area (Å²) in [7, 11) is 0. The Balaban J connectivity index is 1.48. The molecule has 0 saturated heterocycles. The number of nitrogens with zero attached hydrogens (tertiary/aromatic N) is 6. The molecule has 0 fully saturated rings. The predicted molar refractivity (Wildman–Crippen MR) is 103 cm³/mol. The maximum absolute atomic E-state index is 12.2. The van der Waals surface area contributed by atoms with Crippen LogP contribution in [0.25, 0.3) is 5.82 Å². The number of hydrogen-bond acceptors (Lipinski definition) is 8. The van der Waals surface area contributed by atoms with Gasteiger partial charge in [-0.15, -0.1) is 5.10 Å². The van der Waals surface area contributed by atoms with Crippen LogP contribution in [-0.2, 0) is 0 Å². The SMILES string of the molecule is Cc1nc(Oc2ccc(NC(=O)c3snnc3C)cc2)cc(-n2ccnc2)n1. The summed E-state index contributed by atoms with van der Waals surface area (Å²) < 4.78 is 11.4. The number of rotatable bonds is 5. The highest BCUT2D eigenvalue weighted by atomic mass is 32.1. The maximum atomic E-state index is 12.2. The standard InChI is InChI=1S/C18H15N7O2S/c1-11-17(28-24-23-11)18(26)22-13-3-5-14(6-4-13)27-16-9-15(20-12(2)21-16)25-8-7-19-10-25/h3-10H,1-2H3,(H,22,26). The maximum Gasteiger partial charge on any atom is 0.269 e. The quantitative estimate of drug-likeness (QED) is 0.555. The molecule has 0 aliphatic rings. The van der Waals surface area contributed by atoms with E-state index in [9.17, 15) is 4.79 Å². The van der Waals surface area contributed by atoms with Crippen molar-refractivity contribution in [2.24, 2.45) is 0 Å². The van der Waals surface area contributed by atoms with Gasteiger partial charge in [-0.25, -0.2) is 9.97 Å². The van der Waals surface area contributed by atoms with Crippen molar-refractivity contribution >= 4 is 23.1 Å². The smallest absolute Gasteiger partial charge is 0.269 e. The molecule has 0 unspecified atom stereocenters. The fourth-order valence-corrected chi connectivity index (χ4v) is 3.01. The van der Waals surface area contributed by atoms with E-state index in [1.807, 2.05) is 0 Å². The van der Waals surface area contributed by atoms with Crippen molar-refractivity contribution in [2.45, 2.75) is 13.8 Å². The molecule has 3 heterocycles. The Morgan fingerprint density at radius 1 is 1.18 bits per heavy atom. The first-order valence-corrected chi connectivity index (χ1v) is 9.08. The number of benzene rings is 1. The van der Waals surface area contributed by atoms with Crippen LogP contribution < -0.4 is 10.1 Å². The number of carbonyl (C=O) groups is 1. The van der Waals surface area contributed by atoms with E-state index in [0.29, 0.717) is 39.5 Å². The van der Waals surface area contributed by atoms with Gasteiger partial charge in [0.2, 0.25) is 5.88 Å². The highest BCUT2D eigenvalue weighted by Gasteiger charge is 2.13. The molecule has 140 valence electrons. The van der Waals surface area contributed by atoms with Gasteiger partial charge in [0.25, 0.3) is 5.91 Å². The molecule has 0 radical (unpaired) electrons. The van der Waals surface area contributed by atoms with Crippen LogP contribution >= 0.6 is 11.5 Å². The zero-order valence-corrected chi connectivity index (χ0v) is 15.8. The summed E-state index contributed by atoms with van der Waals surface area (Å²) in [5.74, 6) is 2.01. The Hall–Kier alpha value is -3.66. The zero-order chi connectivity index (χ0) is 19.5. The minimum atomic E-state index is -0.238. The van der Waals surface area contributed by atoms with Crippen LogP contribution in [-0.4, -0.2) is 35.0 Å². The number of anilines is 1. The van der Waals surface area contributed by atoms with Gasteiger partial charge in [-0.2, -0.15) is 4.98 Å². The lowest BCUT2D eigenvalue weighted by molar-refractivity contribution is 0.103. The third-order valence-corrected chi connectivity index (χ3v) is 4.59. The Morgan fingerprint density at radius 3 is 2.68 bits per heavy atom. The summed E-state index contributed by atoms with van der Waals surface area (Å²) in [5.41, 5.74) is 1.25. The first kappa shape index (κ1) is 17.7. The molecule has 3 aromatic heterocycles. The molecular weight excluding hydrogens is 378 g/mol. The van der Waals surface area contributed by atoms with Gasteiger partial charge in [0.05, 0.1) is 5.69 Å². The average molecular weight is 393 g/mol. The van der Waals surface area contributed by atoms with Crippen LogP contribution in [0, 0.1) is 13.8 Å². The number of carbonyl (C=O) groups excluding carboxylic acids is 1. The molecule has 0 saturated carbocycles. The molecule has 10 heteroatoms. The molecule has 0 atom stereocenters. The molecule has 1 amide bonds. The zero-order valence-electron chi connectivity index (χ0n) is 15.0. The number of ether oxygens (including phenoxy) is 1.